The van der Waals surface area contributed by atoms with Gasteiger partial charge in [0.15, 0.2) is 0 Å². The molecule has 3 rings (SSSR count). The van der Waals surface area contributed by atoms with Crippen LogP contribution in [0.4, 0.5) is 13.2 Å². The summed E-state index contributed by atoms with van der Waals surface area (Å²) in [6, 6.07) is 1.42. The van der Waals surface area contributed by atoms with Crippen molar-refractivity contribution >= 4 is 16.9 Å². The summed E-state index contributed by atoms with van der Waals surface area (Å²) in [7, 11) is 0. The van der Waals surface area contributed by atoms with E-state index in [9.17, 15) is 22.8 Å². The summed E-state index contributed by atoms with van der Waals surface area (Å²) >= 11 is 0. The molecule has 3 heterocycles. The van der Waals surface area contributed by atoms with Crippen molar-refractivity contribution in [3.63, 3.8) is 0 Å². The molecule has 0 aromatic carbocycles. The van der Waals surface area contributed by atoms with Gasteiger partial charge in [-0.15, -0.1) is 0 Å². The normalized spacial score (nSPS) is 15.9. The second kappa shape index (κ2) is 5.93. The van der Waals surface area contributed by atoms with Crippen molar-refractivity contribution in [2.45, 2.75) is 19.6 Å². The summed E-state index contributed by atoms with van der Waals surface area (Å²) in [6.07, 6.45) is -4.85. The van der Waals surface area contributed by atoms with Crippen LogP contribution in [0.1, 0.15) is 11.5 Å². The maximum atomic E-state index is 13.3. The standard InChI is InChI=1S/C14H15F3N4O3/c1-8-6-9-11(18-8)19-13(14(15,16)17)21(12(9)23)7-10(22)20-2-4-24-5-3-20/h6,18H,2-5,7H2,1H3. The van der Waals surface area contributed by atoms with E-state index >= 15 is 0 Å². The lowest BCUT2D eigenvalue weighted by atomic mass is 10.3. The topological polar surface area (TPSA) is 80.2 Å². The summed E-state index contributed by atoms with van der Waals surface area (Å²) in [4.78, 5) is 32.2. The van der Waals surface area contributed by atoms with Crippen molar-refractivity contribution in [2.75, 3.05) is 26.3 Å². The molecule has 0 radical (unpaired) electrons. The number of hydrogen-bond donors (Lipinski definition) is 1. The largest absolute Gasteiger partial charge is 0.449 e. The van der Waals surface area contributed by atoms with E-state index < -0.39 is 30.0 Å². The fourth-order valence-electron chi connectivity index (χ4n) is 2.65. The molecule has 0 aliphatic carbocycles. The number of halogens is 3. The highest BCUT2D eigenvalue weighted by Gasteiger charge is 2.38. The number of amides is 1. The molecular weight excluding hydrogens is 329 g/mol. The van der Waals surface area contributed by atoms with Crippen LogP contribution in [0.2, 0.25) is 0 Å². The Morgan fingerprint density at radius 1 is 1.38 bits per heavy atom. The van der Waals surface area contributed by atoms with Crippen molar-refractivity contribution in [1.29, 1.82) is 0 Å². The van der Waals surface area contributed by atoms with Gasteiger partial charge in [-0.05, 0) is 13.0 Å². The van der Waals surface area contributed by atoms with Crippen LogP contribution in [0.3, 0.4) is 0 Å². The Labute approximate surface area is 134 Å². The van der Waals surface area contributed by atoms with E-state index in [-0.39, 0.29) is 24.1 Å². The molecule has 2 aromatic heterocycles. The fourth-order valence-corrected chi connectivity index (χ4v) is 2.65. The highest BCUT2D eigenvalue weighted by Crippen LogP contribution is 2.28. The van der Waals surface area contributed by atoms with Gasteiger partial charge in [-0.25, -0.2) is 4.98 Å². The summed E-state index contributed by atoms with van der Waals surface area (Å²) in [6.45, 7) is 2.11. The number of morpholine rings is 1. The first kappa shape index (κ1) is 16.5. The Hall–Kier alpha value is -2.36. The summed E-state index contributed by atoms with van der Waals surface area (Å²) in [5, 5.41) is 0.0234. The van der Waals surface area contributed by atoms with Crippen LogP contribution in [-0.4, -0.2) is 51.6 Å². The minimum atomic E-state index is -4.85. The van der Waals surface area contributed by atoms with E-state index in [4.69, 9.17) is 4.74 Å². The number of hydrogen-bond acceptors (Lipinski definition) is 4. The number of rotatable bonds is 2. The molecule has 0 unspecified atom stereocenters. The molecule has 1 aliphatic rings. The van der Waals surface area contributed by atoms with Crippen molar-refractivity contribution < 1.29 is 22.7 Å². The zero-order valence-corrected chi connectivity index (χ0v) is 12.8. The first-order valence-electron chi connectivity index (χ1n) is 7.30. The first-order chi connectivity index (χ1) is 11.3. The fraction of sp³-hybridized carbons (Fsp3) is 0.500. The van der Waals surface area contributed by atoms with Gasteiger partial charge in [-0.3, -0.25) is 14.2 Å². The predicted molar refractivity (Wildman–Crippen MR) is 77.5 cm³/mol. The van der Waals surface area contributed by atoms with Gasteiger partial charge in [0, 0.05) is 18.8 Å². The van der Waals surface area contributed by atoms with Crippen LogP contribution in [0.5, 0.6) is 0 Å². The molecule has 1 aliphatic heterocycles. The first-order valence-corrected chi connectivity index (χ1v) is 7.30. The molecule has 1 amide bonds. The molecule has 0 atom stereocenters. The number of aromatic amines is 1. The number of carbonyl (C=O) groups excluding carboxylic acids is 1. The highest BCUT2D eigenvalue weighted by molar-refractivity contribution is 5.78. The van der Waals surface area contributed by atoms with Gasteiger partial charge in [0.2, 0.25) is 11.7 Å². The van der Waals surface area contributed by atoms with Gasteiger partial charge in [0.05, 0.1) is 18.6 Å². The summed E-state index contributed by atoms with van der Waals surface area (Å²) in [5.41, 5.74) is -0.516. The summed E-state index contributed by atoms with van der Waals surface area (Å²) < 4.78 is 45.3. The number of H-pyrrole nitrogens is 1. The molecule has 1 fully saturated rings. The lowest BCUT2D eigenvalue weighted by Crippen LogP contribution is -2.44. The molecule has 130 valence electrons. The second-order valence-corrected chi connectivity index (χ2v) is 5.53. The number of aromatic nitrogens is 3. The Kier molecular flexibility index (Phi) is 4.08. The summed E-state index contributed by atoms with van der Waals surface area (Å²) in [5.74, 6) is -1.96. The third-order valence-corrected chi connectivity index (χ3v) is 3.79. The number of fused-ring (bicyclic) bond motifs is 1. The average Bonchev–Trinajstić information content (AvgIpc) is 2.90. The Morgan fingerprint density at radius 3 is 2.67 bits per heavy atom. The van der Waals surface area contributed by atoms with Crippen molar-refractivity contribution in [1.82, 2.24) is 19.4 Å². The Balaban J connectivity index is 2.05. The zero-order chi connectivity index (χ0) is 17.5. The second-order valence-electron chi connectivity index (χ2n) is 5.53. The van der Waals surface area contributed by atoms with E-state index in [1.165, 1.54) is 11.0 Å². The highest BCUT2D eigenvalue weighted by atomic mass is 19.4. The number of nitrogens with one attached hydrogen (secondary N) is 1. The van der Waals surface area contributed by atoms with Crippen LogP contribution < -0.4 is 5.56 Å². The Bertz CT molecular complexity index is 834. The maximum absolute atomic E-state index is 13.3. The molecule has 10 heteroatoms. The van der Waals surface area contributed by atoms with Gasteiger partial charge in [0.25, 0.3) is 5.56 Å². The molecular formula is C14H15F3N4O3. The number of aryl methyl sites for hydroxylation is 1. The lowest BCUT2D eigenvalue weighted by molar-refractivity contribution is -0.149. The molecule has 7 nitrogen and oxygen atoms in total. The Morgan fingerprint density at radius 2 is 2.04 bits per heavy atom. The minimum absolute atomic E-state index is 0.0234. The van der Waals surface area contributed by atoms with Crippen LogP contribution in [0.25, 0.3) is 11.0 Å². The third kappa shape index (κ3) is 3.01. The number of nitrogens with zero attached hydrogens (tertiary/aromatic N) is 3. The molecule has 1 saturated heterocycles. The van der Waals surface area contributed by atoms with Gasteiger partial charge >= 0.3 is 6.18 Å². The quantitative estimate of drug-likeness (QED) is 0.878. The number of ether oxygens (including phenoxy) is 1. The van der Waals surface area contributed by atoms with Crippen LogP contribution in [0.15, 0.2) is 10.9 Å². The van der Waals surface area contributed by atoms with E-state index in [1.807, 2.05) is 0 Å². The molecule has 0 bridgehead atoms. The SMILES string of the molecule is Cc1cc2c(=O)n(CC(=O)N3CCOCC3)c(C(F)(F)F)nc2[nH]1. The van der Waals surface area contributed by atoms with E-state index in [2.05, 4.69) is 9.97 Å². The molecule has 0 saturated carbocycles. The smallest absolute Gasteiger partial charge is 0.378 e. The van der Waals surface area contributed by atoms with Crippen molar-refractivity contribution in [3.05, 3.63) is 27.9 Å². The zero-order valence-electron chi connectivity index (χ0n) is 12.8. The monoisotopic (exact) mass is 344 g/mol. The van der Waals surface area contributed by atoms with Crippen LogP contribution in [-0.2, 0) is 22.3 Å². The lowest BCUT2D eigenvalue weighted by Gasteiger charge is -2.27. The molecule has 0 spiro atoms. The molecule has 2 aromatic rings. The minimum Gasteiger partial charge on any atom is -0.378 e. The molecule has 24 heavy (non-hydrogen) atoms. The van der Waals surface area contributed by atoms with Gasteiger partial charge in [0.1, 0.15) is 12.2 Å². The van der Waals surface area contributed by atoms with Crippen LogP contribution >= 0.6 is 0 Å². The van der Waals surface area contributed by atoms with Crippen molar-refractivity contribution in [3.8, 4) is 0 Å². The van der Waals surface area contributed by atoms with Gasteiger partial charge in [-0.1, -0.05) is 0 Å². The number of alkyl halides is 3. The van der Waals surface area contributed by atoms with Crippen molar-refractivity contribution in [2.24, 2.45) is 0 Å². The van der Waals surface area contributed by atoms with Gasteiger partial charge < -0.3 is 14.6 Å². The maximum Gasteiger partial charge on any atom is 0.449 e. The predicted octanol–water partition coefficient (Wildman–Crippen LogP) is 0.911. The van der Waals surface area contributed by atoms with E-state index in [0.717, 1.165) is 0 Å². The average molecular weight is 344 g/mol. The van der Waals surface area contributed by atoms with Crippen LogP contribution in [0, 0.1) is 6.92 Å². The third-order valence-electron chi connectivity index (χ3n) is 3.79. The number of carbonyl (C=O) groups is 1. The van der Waals surface area contributed by atoms with E-state index in [0.29, 0.717) is 23.5 Å². The molecule has 1 N–H and O–H groups in total. The van der Waals surface area contributed by atoms with Gasteiger partial charge in [-0.2, -0.15) is 13.2 Å². The van der Waals surface area contributed by atoms with E-state index in [1.54, 1.807) is 6.92 Å².